The molecule has 37 heavy (non-hydrogen) atoms. The molecule has 0 spiro atoms. The number of pyridine rings is 1. The highest BCUT2D eigenvalue weighted by molar-refractivity contribution is 5.83. The first-order valence-corrected chi connectivity index (χ1v) is 11.3. The van der Waals surface area contributed by atoms with Crippen molar-refractivity contribution in [1.82, 2.24) is 29.8 Å². The van der Waals surface area contributed by atoms with Crippen LogP contribution in [-0.4, -0.2) is 72.5 Å². The Balaban J connectivity index is 1.26. The molecule has 4 N–H and O–H groups in total. The van der Waals surface area contributed by atoms with Crippen molar-refractivity contribution in [3.63, 3.8) is 0 Å². The van der Waals surface area contributed by atoms with Gasteiger partial charge in [-0.1, -0.05) is 11.1 Å². The normalized spacial score (nSPS) is 24.2. The van der Waals surface area contributed by atoms with Gasteiger partial charge in [0.1, 0.15) is 35.4 Å². The van der Waals surface area contributed by atoms with Crippen LogP contribution in [-0.2, 0) is 19.0 Å². The lowest BCUT2D eigenvalue weighted by Crippen LogP contribution is -2.43. The zero-order valence-electron chi connectivity index (χ0n) is 19.8. The predicted molar refractivity (Wildman–Crippen MR) is 126 cm³/mol. The van der Waals surface area contributed by atoms with E-state index < -0.39 is 36.1 Å². The van der Waals surface area contributed by atoms with E-state index in [0.29, 0.717) is 23.3 Å². The van der Waals surface area contributed by atoms with Crippen molar-refractivity contribution in [3.8, 4) is 11.8 Å². The molecule has 2 aliphatic heterocycles. The van der Waals surface area contributed by atoms with Gasteiger partial charge in [0.15, 0.2) is 35.4 Å². The Hall–Kier alpha value is -4.19. The highest BCUT2D eigenvalue weighted by atomic mass is 19.1. The van der Waals surface area contributed by atoms with Crippen LogP contribution in [0.4, 0.5) is 10.2 Å². The van der Waals surface area contributed by atoms with Crippen molar-refractivity contribution in [3.05, 3.63) is 42.0 Å². The molecule has 0 radical (unpaired) electrons. The fourth-order valence-corrected chi connectivity index (χ4v) is 4.24. The maximum absolute atomic E-state index is 13.6. The van der Waals surface area contributed by atoms with Gasteiger partial charge in [-0.2, -0.15) is 0 Å². The molecule has 14 heteroatoms. The van der Waals surface area contributed by atoms with Gasteiger partial charge < -0.3 is 30.5 Å². The summed E-state index contributed by atoms with van der Waals surface area (Å²) in [5.74, 6) is 3.92. The lowest BCUT2D eigenvalue weighted by molar-refractivity contribution is -0.197. The van der Waals surface area contributed by atoms with Crippen LogP contribution in [0.2, 0.25) is 0 Å². The van der Waals surface area contributed by atoms with Crippen molar-refractivity contribution in [1.29, 1.82) is 0 Å². The number of aromatic nitrogens is 5. The maximum atomic E-state index is 13.6. The molecule has 4 atom stereocenters. The van der Waals surface area contributed by atoms with Crippen LogP contribution in [0.15, 0.2) is 29.9 Å². The summed E-state index contributed by atoms with van der Waals surface area (Å²) < 4.78 is 33.4. The molecule has 2 aliphatic rings. The summed E-state index contributed by atoms with van der Waals surface area (Å²) in [4.78, 5) is 29.5. The van der Waals surface area contributed by atoms with Crippen molar-refractivity contribution in [2.75, 3.05) is 12.3 Å². The number of hydrogen-bond donors (Lipinski definition) is 3. The first-order valence-electron chi connectivity index (χ1n) is 11.3. The molecule has 0 unspecified atom stereocenters. The number of hydrogen-bond acceptors (Lipinski definition) is 11. The van der Waals surface area contributed by atoms with E-state index in [4.69, 9.17) is 25.2 Å². The van der Waals surface area contributed by atoms with Gasteiger partial charge in [-0.3, -0.25) is 9.36 Å². The van der Waals surface area contributed by atoms with E-state index in [1.807, 2.05) is 0 Å². The topological polar surface area (TPSA) is 172 Å². The molecule has 192 valence electrons. The number of oxime groups is 1. The quantitative estimate of drug-likeness (QED) is 0.146. The summed E-state index contributed by atoms with van der Waals surface area (Å²) in [6.45, 7) is 3.75. The van der Waals surface area contributed by atoms with Crippen molar-refractivity contribution in [2.45, 2.75) is 50.6 Å². The van der Waals surface area contributed by atoms with Crippen LogP contribution in [0.25, 0.3) is 11.2 Å². The molecule has 2 fully saturated rings. The third-order valence-electron chi connectivity index (χ3n) is 5.77. The van der Waals surface area contributed by atoms with Gasteiger partial charge in [-0.15, -0.1) is 0 Å². The Morgan fingerprint density at radius 1 is 1.32 bits per heavy atom. The summed E-state index contributed by atoms with van der Waals surface area (Å²) in [5, 5.41) is 14.2. The molecule has 0 bridgehead atoms. The number of nitrogens with one attached hydrogen (secondary N) is 1. The SMILES string of the molecule is CC1(C)O[C@@H]2[C@H](O1)[C@@H](C(=O)NCCC#Cc1ccc(F)c(C=NO)n1)O[C@H]2n1cnc2c(N)ncnc21. The van der Waals surface area contributed by atoms with Gasteiger partial charge in [-0.05, 0) is 31.9 Å². The Labute approximate surface area is 209 Å². The average Bonchev–Trinajstić information content (AvgIpc) is 3.52. The summed E-state index contributed by atoms with van der Waals surface area (Å²) in [6, 6.07) is 2.58. The summed E-state index contributed by atoms with van der Waals surface area (Å²) in [7, 11) is 0. The average molecular weight is 510 g/mol. The number of carbonyl (C=O) groups is 1. The smallest absolute Gasteiger partial charge is 0.252 e. The summed E-state index contributed by atoms with van der Waals surface area (Å²) >= 11 is 0. The molecule has 0 aliphatic carbocycles. The molecular weight excluding hydrogens is 487 g/mol. The number of nitrogen functional groups attached to an aromatic ring is 1. The largest absolute Gasteiger partial charge is 0.411 e. The minimum atomic E-state index is -0.958. The minimum Gasteiger partial charge on any atom is -0.411 e. The molecule has 1 amide bonds. The zero-order valence-corrected chi connectivity index (χ0v) is 19.8. The van der Waals surface area contributed by atoms with E-state index in [0.717, 1.165) is 6.21 Å². The second-order valence-corrected chi connectivity index (χ2v) is 8.75. The van der Waals surface area contributed by atoms with Crippen LogP contribution in [0.5, 0.6) is 0 Å². The molecule has 0 saturated carbocycles. The maximum Gasteiger partial charge on any atom is 0.252 e. The van der Waals surface area contributed by atoms with Crippen molar-refractivity contribution >= 4 is 29.1 Å². The van der Waals surface area contributed by atoms with Gasteiger partial charge in [0.25, 0.3) is 5.91 Å². The number of carbonyl (C=O) groups excluding carboxylic acids is 1. The number of rotatable bonds is 5. The van der Waals surface area contributed by atoms with E-state index in [1.54, 1.807) is 18.4 Å². The van der Waals surface area contributed by atoms with Crippen molar-refractivity contribution in [2.24, 2.45) is 5.16 Å². The third-order valence-corrected chi connectivity index (χ3v) is 5.77. The highest BCUT2D eigenvalue weighted by Crippen LogP contribution is 2.43. The number of amides is 1. The number of fused-ring (bicyclic) bond motifs is 2. The number of ether oxygens (including phenoxy) is 3. The van der Waals surface area contributed by atoms with Crippen molar-refractivity contribution < 1.29 is 28.6 Å². The predicted octanol–water partition coefficient (Wildman–Crippen LogP) is 0.726. The zero-order chi connectivity index (χ0) is 26.2. The molecular formula is C23H23FN8O5. The summed E-state index contributed by atoms with van der Waals surface area (Å²) in [5.41, 5.74) is 6.93. The fourth-order valence-electron chi connectivity index (χ4n) is 4.24. The molecule has 2 saturated heterocycles. The number of imidazole rings is 1. The molecule has 3 aromatic heterocycles. The van der Waals surface area contributed by atoms with Gasteiger partial charge in [0.2, 0.25) is 0 Å². The van der Waals surface area contributed by atoms with Crippen LogP contribution in [0.1, 0.15) is 37.9 Å². The van der Waals surface area contributed by atoms with Crippen LogP contribution < -0.4 is 11.1 Å². The number of nitrogens with two attached hydrogens (primary N) is 1. The number of anilines is 1. The summed E-state index contributed by atoms with van der Waals surface area (Å²) in [6.07, 6.45) is 1.06. The Morgan fingerprint density at radius 2 is 2.14 bits per heavy atom. The second-order valence-electron chi connectivity index (χ2n) is 8.75. The lowest BCUT2D eigenvalue weighted by Gasteiger charge is -2.24. The highest BCUT2D eigenvalue weighted by Gasteiger charge is 2.58. The first kappa shape index (κ1) is 24.5. The number of nitrogens with zero attached hydrogens (tertiary/aromatic N) is 6. The van der Waals surface area contributed by atoms with Gasteiger partial charge >= 0.3 is 0 Å². The second kappa shape index (κ2) is 9.69. The van der Waals surface area contributed by atoms with E-state index in [2.05, 4.69) is 42.2 Å². The standard InChI is InChI=1S/C23H23FN8O5/c1-23(2)36-16-17(21(33)26-8-4-3-5-12-6-7-13(24)14(31-12)9-30-34)35-22(18(16)37-23)32-11-29-15-19(25)27-10-28-20(15)32/h6-7,9-11,16-18,22,34H,4,8H2,1-2H3,(H,26,33)(H2,25,27,28)/t16-,17+,18-,22-/m1/s1. The Bertz CT molecular complexity index is 1430. The van der Waals surface area contributed by atoms with Crippen LogP contribution in [0, 0.1) is 17.7 Å². The minimum absolute atomic E-state index is 0.133. The van der Waals surface area contributed by atoms with E-state index >= 15 is 0 Å². The molecule has 5 heterocycles. The monoisotopic (exact) mass is 510 g/mol. The fraction of sp³-hybridized carbons (Fsp3) is 0.391. The van der Waals surface area contributed by atoms with Gasteiger partial charge in [0.05, 0.1) is 12.5 Å². The lowest BCUT2D eigenvalue weighted by atomic mass is 10.1. The molecule has 5 rings (SSSR count). The third kappa shape index (κ3) is 4.79. The van der Waals surface area contributed by atoms with Gasteiger partial charge in [-0.25, -0.2) is 24.3 Å². The molecule has 13 nitrogen and oxygen atoms in total. The Kier molecular flexibility index (Phi) is 6.42. The van der Waals surface area contributed by atoms with Gasteiger partial charge in [0, 0.05) is 13.0 Å². The molecule has 3 aromatic rings. The van der Waals surface area contributed by atoms with Crippen LogP contribution >= 0.6 is 0 Å². The number of halogens is 1. The molecule has 0 aromatic carbocycles. The van der Waals surface area contributed by atoms with E-state index in [1.165, 1.54) is 24.8 Å². The Morgan fingerprint density at radius 3 is 2.95 bits per heavy atom. The van der Waals surface area contributed by atoms with E-state index in [-0.39, 0.29) is 24.0 Å². The first-order chi connectivity index (χ1) is 17.8. The van der Waals surface area contributed by atoms with E-state index in [9.17, 15) is 9.18 Å². The van der Waals surface area contributed by atoms with Crippen LogP contribution in [0.3, 0.4) is 0 Å².